The molecule has 0 bridgehead atoms. The molecule has 3 rings (SSSR count). The number of imide groups is 1. The Hall–Kier alpha value is -3.25. The molecule has 182 valence electrons. The molecule has 0 saturated heterocycles. The fourth-order valence-corrected chi connectivity index (χ4v) is 4.42. The summed E-state index contributed by atoms with van der Waals surface area (Å²) < 4.78 is 61.4. The smallest absolute Gasteiger partial charge is 0.471 e. The van der Waals surface area contributed by atoms with Crippen LogP contribution in [0.1, 0.15) is 38.5 Å². The molecular formula is C22H21F3N2O6S. The predicted octanol–water partition coefficient (Wildman–Crippen LogP) is 3.31. The number of ether oxygens (including phenoxy) is 2. The number of rotatable bonds is 8. The Labute approximate surface area is 196 Å². The van der Waals surface area contributed by atoms with Gasteiger partial charge in [0.05, 0.1) is 43.3 Å². The van der Waals surface area contributed by atoms with E-state index in [1.165, 1.54) is 25.5 Å². The molecule has 1 N–H and O–H groups in total. The zero-order chi connectivity index (χ0) is 25.2. The summed E-state index contributed by atoms with van der Waals surface area (Å²) in [5.74, 6) is -3.10. The summed E-state index contributed by atoms with van der Waals surface area (Å²) in [6.07, 6.45) is -3.77. The van der Waals surface area contributed by atoms with E-state index in [-0.39, 0.29) is 17.7 Å². The second-order valence-corrected chi connectivity index (χ2v) is 8.80. The van der Waals surface area contributed by atoms with Crippen molar-refractivity contribution in [1.82, 2.24) is 4.90 Å². The van der Waals surface area contributed by atoms with Crippen LogP contribution in [-0.4, -0.2) is 59.9 Å². The quantitative estimate of drug-likeness (QED) is 0.442. The van der Waals surface area contributed by atoms with Crippen molar-refractivity contribution in [2.75, 3.05) is 31.8 Å². The highest BCUT2D eigenvalue weighted by molar-refractivity contribution is 7.91. The van der Waals surface area contributed by atoms with E-state index >= 15 is 0 Å². The summed E-state index contributed by atoms with van der Waals surface area (Å²) in [6, 6.07) is 8.46. The van der Waals surface area contributed by atoms with Crippen LogP contribution in [0.2, 0.25) is 0 Å². The highest BCUT2D eigenvalue weighted by atomic mass is 32.2. The molecule has 2 atom stereocenters. The normalized spacial score (nSPS) is 15.1. The van der Waals surface area contributed by atoms with Crippen LogP contribution in [0, 0.1) is 0 Å². The number of halogens is 3. The lowest BCUT2D eigenvalue weighted by Crippen LogP contribution is -2.36. The first-order chi connectivity index (χ1) is 16.0. The Bertz CT molecular complexity index is 1120. The van der Waals surface area contributed by atoms with E-state index in [0.29, 0.717) is 23.7 Å². The van der Waals surface area contributed by atoms with Gasteiger partial charge in [-0.25, -0.2) is 0 Å². The van der Waals surface area contributed by atoms with Crippen LogP contribution in [0.5, 0.6) is 11.5 Å². The summed E-state index contributed by atoms with van der Waals surface area (Å²) in [6.45, 7) is 1.81. The molecular weight excluding hydrogens is 477 g/mol. The number of alkyl halides is 3. The van der Waals surface area contributed by atoms with Gasteiger partial charge in [0.2, 0.25) is 0 Å². The van der Waals surface area contributed by atoms with E-state index < -0.39 is 46.0 Å². The highest BCUT2D eigenvalue weighted by Crippen LogP contribution is 2.36. The number of benzene rings is 2. The Balaban J connectivity index is 1.93. The van der Waals surface area contributed by atoms with E-state index in [2.05, 4.69) is 0 Å². The van der Waals surface area contributed by atoms with E-state index in [1.54, 1.807) is 30.4 Å². The third-order valence-electron chi connectivity index (χ3n) is 5.11. The number of hydrogen-bond acceptors (Lipinski definition) is 6. The van der Waals surface area contributed by atoms with Crippen molar-refractivity contribution in [3.63, 3.8) is 0 Å². The van der Waals surface area contributed by atoms with Crippen LogP contribution in [0.3, 0.4) is 0 Å². The summed E-state index contributed by atoms with van der Waals surface area (Å²) in [4.78, 5) is 38.2. The lowest BCUT2D eigenvalue weighted by molar-refractivity contribution is -0.167. The lowest BCUT2D eigenvalue weighted by Gasteiger charge is -2.24. The Morgan fingerprint density at radius 3 is 2.47 bits per heavy atom. The van der Waals surface area contributed by atoms with Crippen molar-refractivity contribution in [3.05, 3.63) is 53.1 Å². The number of amides is 3. The largest absolute Gasteiger partial charge is 0.616 e. The number of hydrogen-bond donors (Lipinski definition) is 1. The molecule has 0 spiro atoms. The highest BCUT2D eigenvalue weighted by Gasteiger charge is 2.43. The van der Waals surface area contributed by atoms with Crippen LogP contribution < -0.4 is 14.8 Å². The van der Waals surface area contributed by atoms with Crippen LogP contribution in [-0.2, 0) is 16.0 Å². The van der Waals surface area contributed by atoms with Crippen molar-refractivity contribution in [1.29, 1.82) is 0 Å². The number of carbonyl (C=O) groups is 3. The van der Waals surface area contributed by atoms with E-state index in [0.717, 1.165) is 11.0 Å². The van der Waals surface area contributed by atoms with Crippen molar-refractivity contribution in [3.8, 4) is 11.5 Å². The van der Waals surface area contributed by atoms with Gasteiger partial charge in [0.15, 0.2) is 16.7 Å². The van der Waals surface area contributed by atoms with Crippen molar-refractivity contribution >= 4 is 34.6 Å². The SMILES string of the molecule is CCOc1cc(C(CN2C(=O)c3cccc(NC(=O)C(F)(F)F)c3C2=O)[S+](C)[O-])ccc1OC. The maximum absolute atomic E-state index is 13.0. The standard InChI is InChI=1S/C22H21F3N2O6S/c1-4-33-16-10-12(8-9-15(16)32-2)17(34(3)31)11-27-19(28)13-6-5-7-14(18(13)20(27)29)26-21(30)22(23,24)25/h5-10,17H,4,11H2,1-3H3,(H,26,30). The van der Waals surface area contributed by atoms with Crippen LogP contribution in [0.4, 0.5) is 18.9 Å². The summed E-state index contributed by atoms with van der Waals surface area (Å²) in [5, 5.41) is 0.823. The third-order valence-corrected chi connectivity index (χ3v) is 6.34. The van der Waals surface area contributed by atoms with Gasteiger partial charge >= 0.3 is 12.1 Å². The number of nitrogens with zero attached hydrogens (tertiary/aromatic N) is 1. The number of nitrogens with one attached hydrogen (secondary N) is 1. The molecule has 0 fully saturated rings. The number of carbonyl (C=O) groups excluding carboxylic acids is 3. The molecule has 0 aliphatic carbocycles. The average molecular weight is 498 g/mol. The molecule has 1 aliphatic rings. The van der Waals surface area contributed by atoms with Crippen LogP contribution in [0.25, 0.3) is 0 Å². The van der Waals surface area contributed by atoms with Crippen molar-refractivity contribution in [2.45, 2.75) is 18.3 Å². The van der Waals surface area contributed by atoms with Gasteiger partial charge in [-0.1, -0.05) is 12.1 Å². The zero-order valence-corrected chi connectivity index (χ0v) is 19.2. The topological polar surface area (TPSA) is 108 Å². The van der Waals surface area contributed by atoms with Gasteiger partial charge in [-0.2, -0.15) is 13.2 Å². The Morgan fingerprint density at radius 2 is 1.88 bits per heavy atom. The molecule has 2 unspecified atom stereocenters. The van der Waals surface area contributed by atoms with Gasteiger partial charge in [0, 0.05) is 5.56 Å². The minimum absolute atomic E-state index is 0.157. The monoisotopic (exact) mass is 498 g/mol. The molecule has 1 heterocycles. The molecule has 34 heavy (non-hydrogen) atoms. The van der Waals surface area contributed by atoms with Gasteiger partial charge in [0.25, 0.3) is 11.8 Å². The number of fused-ring (bicyclic) bond motifs is 1. The maximum atomic E-state index is 13.0. The molecule has 12 heteroatoms. The van der Waals surface area contributed by atoms with Gasteiger partial charge < -0.3 is 19.3 Å². The van der Waals surface area contributed by atoms with E-state index in [1.807, 2.05) is 0 Å². The summed E-state index contributed by atoms with van der Waals surface area (Å²) >= 11 is -1.55. The molecule has 2 aromatic rings. The third kappa shape index (κ3) is 4.97. The van der Waals surface area contributed by atoms with Crippen molar-refractivity contribution in [2.24, 2.45) is 0 Å². The second-order valence-electron chi connectivity index (χ2n) is 7.23. The molecule has 0 radical (unpaired) electrons. The van der Waals surface area contributed by atoms with Crippen molar-refractivity contribution < 1.29 is 41.6 Å². The molecule has 2 aromatic carbocycles. The molecule has 0 aromatic heterocycles. The molecule has 3 amide bonds. The molecule has 0 saturated carbocycles. The minimum Gasteiger partial charge on any atom is -0.616 e. The fraction of sp³-hybridized carbons (Fsp3) is 0.318. The Kier molecular flexibility index (Phi) is 7.41. The number of anilines is 1. The van der Waals surface area contributed by atoms with Gasteiger partial charge in [-0.3, -0.25) is 19.3 Å². The lowest BCUT2D eigenvalue weighted by atomic mass is 10.1. The first kappa shape index (κ1) is 25.4. The van der Waals surface area contributed by atoms with Gasteiger partial charge in [-0.05, 0) is 42.4 Å². The van der Waals surface area contributed by atoms with Crippen LogP contribution >= 0.6 is 0 Å². The number of methoxy groups -OCH3 is 1. The maximum Gasteiger partial charge on any atom is 0.471 e. The summed E-state index contributed by atoms with van der Waals surface area (Å²) in [5.41, 5.74) is -0.434. The second kappa shape index (κ2) is 9.94. The minimum atomic E-state index is -5.18. The van der Waals surface area contributed by atoms with Crippen LogP contribution in [0.15, 0.2) is 36.4 Å². The van der Waals surface area contributed by atoms with Gasteiger partial charge in [-0.15, -0.1) is 0 Å². The molecule has 8 nitrogen and oxygen atoms in total. The first-order valence-corrected chi connectivity index (χ1v) is 11.6. The Morgan fingerprint density at radius 1 is 1.18 bits per heavy atom. The zero-order valence-electron chi connectivity index (χ0n) is 18.4. The summed E-state index contributed by atoms with van der Waals surface area (Å²) in [7, 11) is 1.46. The van der Waals surface area contributed by atoms with E-state index in [4.69, 9.17) is 9.47 Å². The molecule has 1 aliphatic heterocycles. The van der Waals surface area contributed by atoms with E-state index in [9.17, 15) is 32.1 Å². The fourth-order valence-electron chi connectivity index (χ4n) is 3.53. The first-order valence-electron chi connectivity index (χ1n) is 9.99. The average Bonchev–Trinajstić information content (AvgIpc) is 3.02. The predicted molar refractivity (Wildman–Crippen MR) is 117 cm³/mol. The van der Waals surface area contributed by atoms with Gasteiger partial charge in [0.1, 0.15) is 0 Å².